The van der Waals surface area contributed by atoms with Crippen molar-refractivity contribution in [3.8, 4) is 5.75 Å². The van der Waals surface area contributed by atoms with Gasteiger partial charge in [-0.15, -0.1) is 0 Å². The van der Waals surface area contributed by atoms with Crippen LogP contribution in [0.3, 0.4) is 0 Å². The zero-order valence-corrected chi connectivity index (χ0v) is 9.64. The molecule has 0 atom stereocenters. The highest BCUT2D eigenvalue weighted by atomic mass is 16.5. The van der Waals surface area contributed by atoms with Gasteiger partial charge < -0.3 is 24.8 Å². The summed E-state index contributed by atoms with van der Waals surface area (Å²) in [5.41, 5.74) is 0.624. The number of rotatable bonds is 5. The maximum atomic E-state index is 11.3. The van der Waals surface area contributed by atoms with Crippen molar-refractivity contribution in [3.63, 3.8) is 0 Å². The van der Waals surface area contributed by atoms with Crippen molar-refractivity contribution in [1.29, 1.82) is 0 Å². The standard InChI is InChI=1S/C10H14BNO5/c1-16-6-10(13)12-8-5-7(11(14)15)3-4-9(8)17-2/h3-5,14-15H,6H2,1-2H3,(H,12,13). The van der Waals surface area contributed by atoms with Crippen LogP contribution in [0.2, 0.25) is 0 Å². The molecule has 1 rings (SSSR count). The van der Waals surface area contributed by atoms with E-state index in [0.29, 0.717) is 11.4 Å². The van der Waals surface area contributed by atoms with Crippen molar-refractivity contribution in [2.24, 2.45) is 0 Å². The first-order chi connectivity index (χ1) is 8.08. The van der Waals surface area contributed by atoms with Gasteiger partial charge in [-0.1, -0.05) is 6.07 Å². The number of nitrogens with one attached hydrogen (secondary N) is 1. The molecule has 3 N–H and O–H groups in total. The first kappa shape index (κ1) is 13.5. The molecule has 0 saturated carbocycles. The first-order valence-electron chi connectivity index (χ1n) is 4.91. The molecule has 0 heterocycles. The largest absolute Gasteiger partial charge is 0.495 e. The normalized spacial score (nSPS) is 9.88. The van der Waals surface area contributed by atoms with Crippen LogP contribution < -0.4 is 15.5 Å². The van der Waals surface area contributed by atoms with Crippen LogP contribution in [0.15, 0.2) is 18.2 Å². The summed E-state index contributed by atoms with van der Waals surface area (Å²) in [5, 5.41) is 20.6. The number of benzene rings is 1. The van der Waals surface area contributed by atoms with Crippen molar-refractivity contribution in [1.82, 2.24) is 0 Å². The van der Waals surface area contributed by atoms with Crippen molar-refractivity contribution in [2.45, 2.75) is 0 Å². The molecule has 7 heteroatoms. The topological polar surface area (TPSA) is 88.0 Å². The van der Waals surface area contributed by atoms with Gasteiger partial charge >= 0.3 is 7.12 Å². The highest BCUT2D eigenvalue weighted by Crippen LogP contribution is 2.22. The molecule has 0 fully saturated rings. The van der Waals surface area contributed by atoms with E-state index in [9.17, 15) is 4.79 Å². The number of hydrogen-bond acceptors (Lipinski definition) is 5. The SMILES string of the molecule is COCC(=O)Nc1cc(B(O)O)ccc1OC. The van der Waals surface area contributed by atoms with Crippen molar-refractivity contribution in [3.05, 3.63) is 18.2 Å². The fourth-order valence-corrected chi connectivity index (χ4v) is 1.30. The van der Waals surface area contributed by atoms with Gasteiger partial charge in [0.1, 0.15) is 12.4 Å². The van der Waals surface area contributed by atoms with Crippen molar-refractivity contribution < 1.29 is 24.3 Å². The molecule has 17 heavy (non-hydrogen) atoms. The maximum absolute atomic E-state index is 11.3. The van der Waals surface area contributed by atoms with Crippen molar-refractivity contribution >= 4 is 24.2 Å². The molecule has 0 radical (unpaired) electrons. The monoisotopic (exact) mass is 239 g/mol. The van der Waals surface area contributed by atoms with Gasteiger partial charge in [-0.25, -0.2) is 0 Å². The fourth-order valence-electron chi connectivity index (χ4n) is 1.30. The van der Waals surface area contributed by atoms with Gasteiger partial charge in [0.05, 0.1) is 12.8 Å². The van der Waals surface area contributed by atoms with Gasteiger partial charge in [0.25, 0.3) is 0 Å². The molecular weight excluding hydrogens is 225 g/mol. The number of ether oxygens (including phenoxy) is 2. The Labute approximate surface area is 99.3 Å². The Morgan fingerprint density at radius 2 is 2.12 bits per heavy atom. The van der Waals surface area contributed by atoms with Crippen LogP contribution in [0, 0.1) is 0 Å². The Kier molecular flexibility index (Phi) is 4.95. The van der Waals surface area contributed by atoms with Gasteiger partial charge in [-0.05, 0) is 17.6 Å². The van der Waals surface area contributed by atoms with E-state index in [4.69, 9.17) is 14.8 Å². The summed E-state index contributed by atoms with van der Waals surface area (Å²) in [6.45, 7) is -0.0882. The molecule has 0 aliphatic rings. The molecule has 0 aliphatic heterocycles. The van der Waals surface area contributed by atoms with E-state index in [1.54, 1.807) is 0 Å². The molecule has 6 nitrogen and oxygen atoms in total. The molecule has 1 aromatic carbocycles. The highest BCUT2D eigenvalue weighted by Gasteiger charge is 2.15. The van der Waals surface area contributed by atoms with E-state index < -0.39 is 7.12 Å². The Morgan fingerprint density at radius 3 is 2.65 bits per heavy atom. The van der Waals surface area contributed by atoms with Gasteiger partial charge in [-0.2, -0.15) is 0 Å². The smallest absolute Gasteiger partial charge is 0.488 e. The summed E-state index contributed by atoms with van der Waals surface area (Å²) >= 11 is 0. The second kappa shape index (κ2) is 6.24. The molecule has 92 valence electrons. The van der Waals surface area contributed by atoms with Crippen LogP contribution in [-0.2, 0) is 9.53 Å². The molecule has 0 aliphatic carbocycles. The molecule has 1 amide bonds. The molecule has 0 aromatic heterocycles. The van der Waals surface area contributed by atoms with Crippen LogP contribution >= 0.6 is 0 Å². The number of methoxy groups -OCH3 is 2. The van der Waals surface area contributed by atoms with Gasteiger partial charge in [0.15, 0.2) is 0 Å². The quantitative estimate of drug-likeness (QED) is 0.571. The van der Waals surface area contributed by atoms with E-state index >= 15 is 0 Å². The highest BCUT2D eigenvalue weighted by molar-refractivity contribution is 6.58. The number of carbonyl (C=O) groups is 1. The van der Waals surface area contributed by atoms with E-state index in [1.807, 2.05) is 0 Å². The third-order valence-corrected chi connectivity index (χ3v) is 2.07. The number of amides is 1. The predicted octanol–water partition coefficient (Wildman–Crippen LogP) is -1.04. The lowest BCUT2D eigenvalue weighted by Gasteiger charge is -2.11. The second-order valence-corrected chi connectivity index (χ2v) is 3.31. The zero-order chi connectivity index (χ0) is 12.8. The van der Waals surface area contributed by atoms with Gasteiger partial charge in [-0.3, -0.25) is 4.79 Å². The lowest BCUT2D eigenvalue weighted by atomic mass is 9.80. The Morgan fingerprint density at radius 1 is 1.41 bits per heavy atom. The minimum atomic E-state index is -1.60. The van der Waals surface area contributed by atoms with Crippen LogP contribution in [-0.4, -0.2) is 43.9 Å². The predicted molar refractivity (Wildman–Crippen MR) is 63.3 cm³/mol. The van der Waals surface area contributed by atoms with E-state index in [-0.39, 0.29) is 18.0 Å². The van der Waals surface area contributed by atoms with E-state index in [0.717, 1.165) is 0 Å². The molecule has 0 bridgehead atoms. The van der Waals surface area contributed by atoms with Gasteiger partial charge in [0, 0.05) is 7.11 Å². The lowest BCUT2D eigenvalue weighted by molar-refractivity contribution is -0.119. The zero-order valence-electron chi connectivity index (χ0n) is 9.64. The minimum absolute atomic E-state index is 0.0882. The van der Waals surface area contributed by atoms with E-state index in [2.05, 4.69) is 10.1 Å². The summed E-state index contributed by atoms with van der Waals surface area (Å²) in [6.07, 6.45) is 0. The average Bonchev–Trinajstić information content (AvgIpc) is 2.29. The van der Waals surface area contributed by atoms with Crippen LogP contribution in [0.5, 0.6) is 5.75 Å². The average molecular weight is 239 g/mol. The second-order valence-electron chi connectivity index (χ2n) is 3.31. The Bertz CT molecular complexity index is 396. The Balaban J connectivity index is 2.93. The lowest BCUT2D eigenvalue weighted by Crippen LogP contribution is -2.30. The van der Waals surface area contributed by atoms with Crippen LogP contribution in [0.25, 0.3) is 0 Å². The number of hydrogen-bond donors (Lipinski definition) is 3. The summed E-state index contributed by atoms with van der Waals surface area (Å²) < 4.78 is 9.72. The molecule has 0 unspecified atom stereocenters. The van der Waals surface area contributed by atoms with E-state index in [1.165, 1.54) is 32.4 Å². The van der Waals surface area contributed by atoms with Gasteiger partial charge in [0.2, 0.25) is 5.91 Å². The number of anilines is 1. The fraction of sp³-hybridized carbons (Fsp3) is 0.300. The van der Waals surface area contributed by atoms with Crippen molar-refractivity contribution in [2.75, 3.05) is 26.1 Å². The summed E-state index contributed by atoms with van der Waals surface area (Å²) in [5.74, 6) is 0.0780. The molecule has 1 aromatic rings. The minimum Gasteiger partial charge on any atom is -0.495 e. The molecule has 0 saturated heterocycles. The number of carbonyl (C=O) groups excluding carboxylic acids is 1. The third kappa shape index (κ3) is 3.74. The first-order valence-corrected chi connectivity index (χ1v) is 4.91. The molecule has 0 spiro atoms. The summed E-state index contributed by atoms with van der Waals surface area (Å²) in [6, 6.07) is 4.46. The summed E-state index contributed by atoms with van der Waals surface area (Å²) in [4.78, 5) is 11.3. The van der Waals surface area contributed by atoms with Crippen LogP contribution in [0.1, 0.15) is 0 Å². The Hall–Kier alpha value is -1.57. The third-order valence-electron chi connectivity index (χ3n) is 2.07. The maximum Gasteiger partial charge on any atom is 0.488 e. The molecular formula is C10H14BNO5. The summed E-state index contributed by atoms with van der Waals surface area (Å²) in [7, 11) is 1.26. The van der Waals surface area contributed by atoms with Crippen LogP contribution in [0.4, 0.5) is 5.69 Å².